The largest absolute Gasteiger partial charge is 0.335 e. The fraction of sp³-hybridized carbons (Fsp3) is 0.0800. The van der Waals surface area contributed by atoms with Gasteiger partial charge in [-0.15, -0.1) is 0 Å². The predicted molar refractivity (Wildman–Crippen MR) is 116 cm³/mol. The first kappa shape index (κ1) is 20.2. The monoisotopic (exact) mass is 414 g/mol. The number of benzene rings is 3. The number of nitrogens with one attached hydrogen (secondary N) is 1. The van der Waals surface area contributed by atoms with Crippen molar-refractivity contribution in [2.24, 2.45) is 0 Å². The summed E-state index contributed by atoms with van der Waals surface area (Å²) >= 11 is 0. The summed E-state index contributed by atoms with van der Waals surface area (Å²) in [6.07, 6.45) is 1.90. The normalized spacial score (nSPS) is 15.4. The molecule has 1 aliphatic heterocycles. The molecule has 1 heterocycles. The lowest BCUT2D eigenvalue weighted by Gasteiger charge is -2.26. The number of imide groups is 2. The van der Waals surface area contributed by atoms with Gasteiger partial charge in [0.2, 0.25) is 0 Å². The topological polar surface area (TPSA) is 66.5 Å². The summed E-state index contributed by atoms with van der Waals surface area (Å²) < 4.78 is 13.6. The Hall–Kier alpha value is -4.06. The molecule has 3 aromatic carbocycles. The summed E-state index contributed by atoms with van der Waals surface area (Å²) in [5.41, 5.74) is 3.34. The van der Waals surface area contributed by atoms with Crippen LogP contribution in [0.4, 0.5) is 14.9 Å². The third-order valence-electron chi connectivity index (χ3n) is 5.00. The number of rotatable bonds is 4. The van der Waals surface area contributed by atoms with Gasteiger partial charge in [-0.3, -0.25) is 14.9 Å². The molecule has 6 heteroatoms. The molecule has 1 fully saturated rings. The zero-order valence-electron chi connectivity index (χ0n) is 16.8. The molecule has 1 saturated heterocycles. The van der Waals surface area contributed by atoms with Crippen molar-refractivity contribution < 1.29 is 18.8 Å². The first-order valence-corrected chi connectivity index (χ1v) is 9.73. The maximum absolute atomic E-state index is 13.6. The second-order valence-electron chi connectivity index (χ2n) is 7.30. The summed E-state index contributed by atoms with van der Waals surface area (Å²) in [7, 11) is 0. The Morgan fingerprint density at radius 1 is 0.935 bits per heavy atom. The van der Waals surface area contributed by atoms with Crippen LogP contribution in [-0.2, 0) is 16.0 Å². The summed E-state index contributed by atoms with van der Waals surface area (Å²) in [4.78, 5) is 38.9. The van der Waals surface area contributed by atoms with Crippen LogP contribution in [0.5, 0.6) is 0 Å². The van der Waals surface area contributed by atoms with Crippen LogP contribution in [0.15, 0.2) is 78.4 Å². The maximum atomic E-state index is 13.6. The summed E-state index contributed by atoms with van der Waals surface area (Å²) in [6, 6.07) is 19.6. The molecule has 31 heavy (non-hydrogen) atoms. The molecule has 0 aliphatic carbocycles. The highest BCUT2D eigenvalue weighted by atomic mass is 19.1. The van der Waals surface area contributed by atoms with E-state index in [9.17, 15) is 18.8 Å². The van der Waals surface area contributed by atoms with Crippen molar-refractivity contribution in [3.8, 4) is 0 Å². The maximum Gasteiger partial charge on any atom is 0.335 e. The predicted octanol–water partition coefficient (Wildman–Crippen LogP) is 4.39. The van der Waals surface area contributed by atoms with Gasteiger partial charge in [-0.25, -0.2) is 14.1 Å². The highest BCUT2D eigenvalue weighted by molar-refractivity contribution is 6.39. The summed E-state index contributed by atoms with van der Waals surface area (Å²) in [5.74, 6) is -1.78. The number of nitrogens with zero attached hydrogens (tertiary/aromatic N) is 1. The Balaban J connectivity index is 1.71. The number of hydrogen-bond acceptors (Lipinski definition) is 3. The quantitative estimate of drug-likeness (QED) is 0.509. The van der Waals surface area contributed by atoms with Crippen molar-refractivity contribution >= 4 is 29.6 Å². The van der Waals surface area contributed by atoms with Crippen LogP contribution in [0.1, 0.15) is 22.3 Å². The number of hydrogen-bond donors (Lipinski definition) is 1. The molecule has 4 amide bonds. The van der Waals surface area contributed by atoms with E-state index in [1.165, 1.54) is 18.2 Å². The summed E-state index contributed by atoms with van der Waals surface area (Å²) in [6.45, 7) is 1.85. The summed E-state index contributed by atoms with van der Waals surface area (Å²) in [5, 5.41) is 2.23. The molecule has 1 N–H and O–H groups in total. The molecule has 0 spiro atoms. The van der Waals surface area contributed by atoms with Crippen molar-refractivity contribution in [3.05, 3.63) is 106 Å². The number of halogens is 1. The lowest BCUT2D eigenvalue weighted by atomic mass is 9.97. The van der Waals surface area contributed by atoms with E-state index in [1.54, 1.807) is 36.4 Å². The Morgan fingerprint density at radius 2 is 1.71 bits per heavy atom. The fourth-order valence-corrected chi connectivity index (χ4v) is 3.52. The minimum absolute atomic E-state index is 0.146. The second-order valence-corrected chi connectivity index (χ2v) is 7.30. The van der Waals surface area contributed by atoms with Crippen LogP contribution in [-0.4, -0.2) is 17.8 Å². The third-order valence-corrected chi connectivity index (χ3v) is 5.00. The number of barbiturate groups is 1. The molecule has 0 saturated carbocycles. The van der Waals surface area contributed by atoms with Gasteiger partial charge in [-0.2, -0.15) is 0 Å². The van der Waals surface area contributed by atoms with Gasteiger partial charge >= 0.3 is 6.03 Å². The van der Waals surface area contributed by atoms with Gasteiger partial charge in [-0.1, -0.05) is 48.5 Å². The van der Waals surface area contributed by atoms with Crippen LogP contribution in [0.3, 0.4) is 0 Å². The van der Waals surface area contributed by atoms with Gasteiger partial charge < -0.3 is 0 Å². The van der Waals surface area contributed by atoms with Crippen molar-refractivity contribution in [1.82, 2.24) is 5.32 Å². The average molecular weight is 414 g/mol. The zero-order chi connectivity index (χ0) is 22.0. The number of urea groups is 1. The first-order chi connectivity index (χ1) is 14.9. The molecule has 0 radical (unpaired) electrons. The van der Waals surface area contributed by atoms with Crippen LogP contribution in [0.25, 0.3) is 6.08 Å². The number of carbonyl (C=O) groups excluding carboxylic acids is 3. The van der Waals surface area contributed by atoms with E-state index in [0.717, 1.165) is 21.6 Å². The van der Waals surface area contributed by atoms with E-state index in [2.05, 4.69) is 5.32 Å². The Bertz CT molecular complexity index is 1230. The Labute approximate surface area is 178 Å². The number of aryl methyl sites for hydroxylation is 1. The number of anilines is 1. The molecule has 4 rings (SSSR count). The minimum atomic E-state index is -0.786. The van der Waals surface area contributed by atoms with Gasteiger partial charge in [0.1, 0.15) is 11.4 Å². The average Bonchev–Trinajstić information content (AvgIpc) is 2.72. The smallest absolute Gasteiger partial charge is 0.273 e. The van der Waals surface area contributed by atoms with Crippen LogP contribution in [0, 0.1) is 12.7 Å². The van der Waals surface area contributed by atoms with Gasteiger partial charge in [0.05, 0.1) is 5.69 Å². The van der Waals surface area contributed by atoms with Crippen LogP contribution in [0.2, 0.25) is 0 Å². The molecule has 0 atom stereocenters. The molecule has 0 bridgehead atoms. The molecular formula is C25H19FN2O3. The molecule has 3 aromatic rings. The van der Waals surface area contributed by atoms with Crippen molar-refractivity contribution in [1.29, 1.82) is 0 Å². The van der Waals surface area contributed by atoms with Gasteiger partial charge in [0.25, 0.3) is 11.8 Å². The second kappa shape index (κ2) is 8.36. The highest BCUT2D eigenvalue weighted by Gasteiger charge is 2.36. The molecule has 154 valence electrons. The number of amides is 4. The SMILES string of the molecule is Cc1cccc(N2C(=O)NC(=O)/C(=C\c3ccccc3Cc3cccc(F)c3)C2=O)c1. The molecular weight excluding hydrogens is 395 g/mol. The van der Waals surface area contributed by atoms with E-state index >= 15 is 0 Å². The standard InChI is InChI=1S/C25H19FN2O3/c1-16-6-4-11-21(12-16)28-24(30)22(23(29)27-25(28)31)15-19-9-3-2-8-18(19)13-17-7-5-10-20(26)14-17/h2-12,14-15H,13H2,1H3,(H,27,29,31)/b22-15+. The van der Waals surface area contributed by atoms with E-state index in [4.69, 9.17) is 0 Å². The molecule has 0 aromatic heterocycles. The molecule has 1 aliphatic rings. The lowest BCUT2D eigenvalue weighted by Crippen LogP contribution is -2.54. The molecule has 5 nitrogen and oxygen atoms in total. The van der Waals surface area contributed by atoms with Crippen molar-refractivity contribution in [3.63, 3.8) is 0 Å². The number of carbonyl (C=O) groups is 3. The van der Waals surface area contributed by atoms with Crippen LogP contribution < -0.4 is 10.2 Å². The third kappa shape index (κ3) is 4.28. The van der Waals surface area contributed by atoms with Gasteiger partial charge in [0, 0.05) is 0 Å². The van der Waals surface area contributed by atoms with E-state index in [-0.39, 0.29) is 11.4 Å². The van der Waals surface area contributed by atoms with Crippen molar-refractivity contribution in [2.45, 2.75) is 13.3 Å². The minimum Gasteiger partial charge on any atom is -0.273 e. The lowest BCUT2D eigenvalue weighted by molar-refractivity contribution is -0.122. The molecule has 0 unspecified atom stereocenters. The Morgan fingerprint density at radius 3 is 2.48 bits per heavy atom. The van der Waals surface area contributed by atoms with Gasteiger partial charge in [0.15, 0.2) is 0 Å². The van der Waals surface area contributed by atoms with E-state index in [1.807, 2.05) is 31.2 Å². The Kier molecular flexibility index (Phi) is 5.45. The first-order valence-electron chi connectivity index (χ1n) is 9.73. The van der Waals surface area contributed by atoms with Gasteiger partial charge in [-0.05, 0) is 65.9 Å². The van der Waals surface area contributed by atoms with Crippen LogP contribution >= 0.6 is 0 Å². The zero-order valence-corrected chi connectivity index (χ0v) is 16.8. The van der Waals surface area contributed by atoms with Crippen molar-refractivity contribution in [2.75, 3.05) is 4.90 Å². The fourth-order valence-electron chi connectivity index (χ4n) is 3.52. The van der Waals surface area contributed by atoms with E-state index in [0.29, 0.717) is 17.7 Å². The highest BCUT2D eigenvalue weighted by Crippen LogP contribution is 2.24. The van der Waals surface area contributed by atoms with E-state index < -0.39 is 17.8 Å².